The first-order chi connectivity index (χ1) is 17.5. The van der Waals surface area contributed by atoms with Gasteiger partial charge >= 0.3 is 11.9 Å². The van der Waals surface area contributed by atoms with E-state index in [4.69, 9.17) is 22.1 Å². The molecule has 37 heavy (non-hydrogen) atoms. The molecule has 4 aromatic rings. The van der Waals surface area contributed by atoms with E-state index in [0.29, 0.717) is 25.7 Å². The maximum atomic E-state index is 12.9. The highest BCUT2D eigenvalue weighted by Gasteiger charge is 2.30. The summed E-state index contributed by atoms with van der Waals surface area (Å²) >= 11 is 7.69. The molecule has 0 saturated heterocycles. The zero-order valence-corrected chi connectivity index (χ0v) is 21.2. The molecule has 0 unspecified atom stereocenters. The van der Waals surface area contributed by atoms with E-state index in [2.05, 4.69) is 4.98 Å². The number of fused-ring (bicyclic) bond motifs is 1. The SMILES string of the molecule is Cc1cc(Cl)cc(-c2ccnc3cc(Cn4c(=O)ccn(CC(F)(F)F)c4=O)sc23)c1OC1CC(N)C1. The number of ether oxygens (including phenoxy) is 1. The van der Waals surface area contributed by atoms with Gasteiger partial charge in [-0.25, -0.2) is 4.79 Å². The Hall–Kier alpha value is -3.15. The predicted octanol–water partition coefficient (Wildman–Crippen LogP) is 4.73. The molecule has 0 aliphatic heterocycles. The summed E-state index contributed by atoms with van der Waals surface area (Å²) in [6.07, 6.45) is -0.576. The van der Waals surface area contributed by atoms with Gasteiger partial charge in [-0.2, -0.15) is 13.2 Å². The van der Waals surface area contributed by atoms with Gasteiger partial charge in [0, 0.05) is 45.5 Å². The molecule has 2 N–H and O–H groups in total. The number of aryl methyl sites for hydroxylation is 1. The van der Waals surface area contributed by atoms with Crippen LogP contribution in [0.3, 0.4) is 0 Å². The van der Waals surface area contributed by atoms with Crippen LogP contribution in [-0.4, -0.2) is 32.4 Å². The minimum absolute atomic E-state index is 0.00803. The van der Waals surface area contributed by atoms with E-state index >= 15 is 0 Å². The van der Waals surface area contributed by atoms with Gasteiger partial charge in [-0.3, -0.25) is 18.9 Å². The highest BCUT2D eigenvalue weighted by atomic mass is 35.5. The van der Waals surface area contributed by atoms with Crippen molar-refractivity contribution < 1.29 is 17.9 Å². The highest BCUT2D eigenvalue weighted by molar-refractivity contribution is 7.19. The van der Waals surface area contributed by atoms with E-state index in [1.54, 1.807) is 12.3 Å². The van der Waals surface area contributed by atoms with Gasteiger partial charge in [-0.05, 0) is 49.6 Å². The van der Waals surface area contributed by atoms with E-state index in [1.165, 1.54) is 11.3 Å². The number of rotatable bonds is 6. The second-order valence-electron chi connectivity index (χ2n) is 9.12. The number of alkyl halides is 3. The van der Waals surface area contributed by atoms with Crippen molar-refractivity contribution in [2.45, 2.75) is 51.2 Å². The van der Waals surface area contributed by atoms with Crippen LogP contribution in [0.2, 0.25) is 5.02 Å². The number of nitrogens with zero attached hydrogens (tertiary/aromatic N) is 3. The van der Waals surface area contributed by atoms with Crippen LogP contribution >= 0.6 is 22.9 Å². The average molecular weight is 551 g/mol. The Labute approximate surface area is 217 Å². The van der Waals surface area contributed by atoms with Gasteiger partial charge in [-0.1, -0.05) is 11.6 Å². The van der Waals surface area contributed by atoms with E-state index in [-0.39, 0.29) is 18.7 Å². The Morgan fingerprint density at radius 3 is 2.65 bits per heavy atom. The number of benzene rings is 1. The van der Waals surface area contributed by atoms with Crippen LogP contribution in [0.15, 0.2) is 52.3 Å². The van der Waals surface area contributed by atoms with E-state index < -0.39 is 24.0 Å². The highest BCUT2D eigenvalue weighted by Crippen LogP contribution is 2.42. The molecule has 1 aliphatic rings. The quantitative estimate of drug-likeness (QED) is 0.375. The Balaban J connectivity index is 1.55. The molecule has 0 radical (unpaired) electrons. The van der Waals surface area contributed by atoms with Crippen LogP contribution in [0, 0.1) is 6.92 Å². The van der Waals surface area contributed by atoms with Gasteiger partial charge in [0.1, 0.15) is 18.4 Å². The molecule has 1 aliphatic carbocycles. The number of pyridine rings is 1. The van der Waals surface area contributed by atoms with Crippen LogP contribution in [0.25, 0.3) is 21.3 Å². The van der Waals surface area contributed by atoms with Crippen LogP contribution in [0.4, 0.5) is 13.2 Å². The fourth-order valence-electron chi connectivity index (χ4n) is 4.40. The van der Waals surface area contributed by atoms with Gasteiger partial charge < -0.3 is 10.5 Å². The third-order valence-corrected chi connectivity index (χ3v) is 7.57. The van der Waals surface area contributed by atoms with Crippen molar-refractivity contribution in [2.24, 2.45) is 5.73 Å². The molecule has 12 heteroatoms. The van der Waals surface area contributed by atoms with Crippen LogP contribution < -0.4 is 21.7 Å². The zero-order valence-electron chi connectivity index (χ0n) is 19.6. The molecule has 194 valence electrons. The molecule has 5 rings (SSSR count). The summed E-state index contributed by atoms with van der Waals surface area (Å²) in [5.41, 5.74) is 7.27. The molecule has 0 amide bonds. The molecule has 0 bridgehead atoms. The first kappa shape index (κ1) is 25.5. The van der Waals surface area contributed by atoms with Crippen molar-refractivity contribution >= 4 is 33.2 Å². The van der Waals surface area contributed by atoms with Crippen molar-refractivity contribution in [1.29, 1.82) is 0 Å². The lowest BCUT2D eigenvalue weighted by molar-refractivity contribution is -0.141. The molecule has 3 heterocycles. The number of hydrogen-bond donors (Lipinski definition) is 1. The molecule has 1 aromatic carbocycles. The van der Waals surface area contributed by atoms with Crippen molar-refractivity contribution in [2.75, 3.05) is 0 Å². The lowest BCUT2D eigenvalue weighted by Gasteiger charge is -2.33. The van der Waals surface area contributed by atoms with Gasteiger partial charge in [0.2, 0.25) is 0 Å². The number of hydrogen-bond acceptors (Lipinski definition) is 6. The van der Waals surface area contributed by atoms with Crippen LogP contribution in [-0.2, 0) is 13.1 Å². The van der Waals surface area contributed by atoms with Gasteiger partial charge in [0.25, 0.3) is 5.56 Å². The summed E-state index contributed by atoms with van der Waals surface area (Å²) in [6, 6.07) is 8.27. The van der Waals surface area contributed by atoms with Gasteiger partial charge in [-0.15, -0.1) is 11.3 Å². The summed E-state index contributed by atoms with van der Waals surface area (Å²) in [7, 11) is 0. The van der Waals surface area contributed by atoms with Crippen molar-refractivity contribution in [3.05, 3.63) is 79.0 Å². The Morgan fingerprint density at radius 1 is 1.19 bits per heavy atom. The fraction of sp³-hybridized carbons (Fsp3) is 0.320. The lowest BCUT2D eigenvalue weighted by atomic mass is 9.90. The third-order valence-electron chi connectivity index (χ3n) is 6.21. The lowest BCUT2D eigenvalue weighted by Crippen LogP contribution is -2.43. The number of aromatic nitrogens is 3. The Kier molecular flexibility index (Phi) is 6.63. The predicted molar refractivity (Wildman–Crippen MR) is 137 cm³/mol. The zero-order chi connectivity index (χ0) is 26.5. The minimum atomic E-state index is -4.60. The summed E-state index contributed by atoms with van der Waals surface area (Å²) in [5.74, 6) is 0.693. The molecular weight excluding hydrogens is 529 g/mol. The van der Waals surface area contributed by atoms with Gasteiger partial charge in [0.05, 0.1) is 16.8 Å². The maximum absolute atomic E-state index is 12.9. The molecule has 0 spiro atoms. The molecule has 7 nitrogen and oxygen atoms in total. The Morgan fingerprint density at radius 2 is 1.95 bits per heavy atom. The largest absolute Gasteiger partial charge is 0.489 e. The van der Waals surface area contributed by atoms with Crippen molar-refractivity contribution in [3.8, 4) is 16.9 Å². The van der Waals surface area contributed by atoms with Gasteiger partial charge in [0.15, 0.2) is 0 Å². The van der Waals surface area contributed by atoms with Crippen molar-refractivity contribution in [1.82, 2.24) is 14.1 Å². The van der Waals surface area contributed by atoms with Crippen LogP contribution in [0.1, 0.15) is 23.3 Å². The molecular formula is C25H22ClF3N4O3S. The number of thiophene rings is 1. The topological polar surface area (TPSA) is 92.1 Å². The summed E-state index contributed by atoms with van der Waals surface area (Å²) in [6.45, 7) is 0.247. The minimum Gasteiger partial charge on any atom is -0.489 e. The van der Waals surface area contributed by atoms with E-state index in [0.717, 1.165) is 51.1 Å². The standard InChI is InChI=1S/C25H22ClF3N4O3S/c1-13-6-14(26)7-19(22(13)36-16-8-15(30)9-16)18-2-4-31-20-10-17(37-23(18)20)11-33-21(34)3-5-32(24(33)35)12-25(27,28)29/h2-7,10,15-16H,8-9,11-12,30H2,1H3. The van der Waals surface area contributed by atoms with E-state index in [1.807, 2.05) is 25.1 Å². The molecule has 3 aromatic heterocycles. The maximum Gasteiger partial charge on any atom is 0.406 e. The molecule has 1 fully saturated rings. The summed E-state index contributed by atoms with van der Waals surface area (Å²) in [5, 5.41) is 0.535. The fourth-order valence-corrected chi connectivity index (χ4v) is 5.81. The van der Waals surface area contributed by atoms with Crippen LogP contribution in [0.5, 0.6) is 5.75 Å². The summed E-state index contributed by atoms with van der Waals surface area (Å²) < 4.78 is 46.9. The first-order valence-electron chi connectivity index (χ1n) is 11.5. The van der Waals surface area contributed by atoms with E-state index in [9.17, 15) is 22.8 Å². The number of nitrogens with two attached hydrogens (primary N) is 1. The average Bonchev–Trinajstić information content (AvgIpc) is 3.21. The first-order valence-corrected chi connectivity index (χ1v) is 12.6. The molecule has 1 saturated carbocycles. The Bertz CT molecular complexity index is 1610. The van der Waals surface area contributed by atoms with Crippen molar-refractivity contribution in [3.63, 3.8) is 0 Å². The number of halogens is 4. The third kappa shape index (κ3) is 5.29. The smallest absolute Gasteiger partial charge is 0.406 e. The monoisotopic (exact) mass is 550 g/mol. The summed E-state index contributed by atoms with van der Waals surface area (Å²) in [4.78, 5) is 30.0. The molecule has 0 atom stereocenters. The second-order valence-corrected chi connectivity index (χ2v) is 10.7. The normalized spacial score (nSPS) is 17.7. The second kappa shape index (κ2) is 9.62.